The van der Waals surface area contributed by atoms with Gasteiger partial charge in [0, 0.05) is 0 Å². The maximum atomic E-state index is 12.0. The lowest BCUT2D eigenvalue weighted by molar-refractivity contribution is -0.125. The molecular formula is C15H23N3O. The van der Waals surface area contributed by atoms with Crippen molar-refractivity contribution in [2.45, 2.75) is 33.7 Å². The number of hydrazone groups is 1. The first-order valence-electron chi connectivity index (χ1n) is 6.41. The summed E-state index contributed by atoms with van der Waals surface area (Å²) in [6.07, 6.45) is 1.65. The molecule has 0 radical (unpaired) electrons. The summed E-state index contributed by atoms with van der Waals surface area (Å²) in [5, 5.41) is 7.00. The number of nitrogens with zero attached hydrogens (tertiary/aromatic N) is 1. The molecule has 0 aromatic heterocycles. The molecule has 1 unspecified atom stereocenters. The van der Waals surface area contributed by atoms with Gasteiger partial charge in [-0.2, -0.15) is 5.10 Å². The average Bonchev–Trinajstić information content (AvgIpc) is 2.30. The van der Waals surface area contributed by atoms with Gasteiger partial charge in [0.05, 0.1) is 12.3 Å². The Morgan fingerprint density at radius 1 is 1.26 bits per heavy atom. The quantitative estimate of drug-likeness (QED) is 0.644. The normalized spacial score (nSPS) is 13.5. The first-order chi connectivity index (χ1) is 8.84. The van der Waals surface area contributed by atoms with Gasteiger partial charge in [0.25, 0.3) is 5.91 Å². The highest BCUT2D eigenvalue weighted by Gasteiger charge is 2.29. The van der Waals surface area contributed by atoms with E-state index in [0.29, 0.717) is 0 Å². The fourth-order valence-electron chi connectivity index (χ4n) is 1.84. The van der Waals surface area contributed by atoms with E-state index in [-0.39, 0.29) is 17.4 Å². The summed E-state index contributed by atoms with van der Waals surface area (Å²) in [6.45, 7) is 8.07. The van der Waals surface area contributed by atoms with Crippen LogP contribution in [0.5, 0.6) is 0 Å². The van der Waals surface area contributed by atoms with Crippen molar-refractivity contribution in [2.75, 3.05) is 7.05 Å². The van der Waals surface area contributed by atoms with E-state index < -0.39 is 0 Å². The SMILES string of the molecule is CNC(C(=O)N/N=C\c1ccc(C)cc1)C(C)(C)C. The van der Waals surface area contributed by atoms with E-state index in [9.17, 15) is 4.79 Å². The molecule has 0 aliphatic rings. The minimum absolute atomic E-state index is 0.127. The van der Waals surface area contributed by atoms with Gasteiger partial charge in [-0.05, 0) is 24.9 Å². The Kier molecular flexibility index (Phi) is 5.24. The Hall–Kier alpha value is -1.68. The Bertz CT molecular complexity index is 443. The predicted molar refractivity (Wildman–Crippen MR) is 79.2 cm³/mol. The number of hydrogen-bond donors (Lipinski definition) is 2. The topological polar surface area (TPSA) is 53.5 Å². The van der Waals surface area contributed by atoms with Crippen molar-refractivity contribution in [3.05, 3.63) is 35.4 Å². The molecule has 1 amide bonds. The number of amides is 1. The molecule has 4 heteroatoms. The van der Waals surface area contributed by atoms with E-state index in [1.807, 2.05) is 52.0 Å². The van der Waals surface area contributed by atoms with Crippen molar-refractivity contribution in [3.8, 4) is 0 Å². The molecule has 0 aliphatic heterocycles. The number of carbonyl (C=O) groups excluding carboxylic acids is 1. The number of nitrogens with one attached hydrogen (secondary N) is 2. The summed E-state index contributed by atoms with van der Waals surface area (Å²) in [5.74, 6) is -0.127. The highest BCUT2D eigenvalue weighted by atomic mass is 16.2. The van der Waals surface area contributed by atoms with E-state index in [1.54, 1.807) is 13.3 Å². The first-order valence-corrected chi connectivity index (χ1v) is 6.41. The van der Waals surface area contributed by atoms with Crippen LogP contribution in [0.3, 0.4) is 0 Å². The van der Waals surface area contributed by atoms with Crippen LogP contribution < -0.4 is 10.7 Å². The maximum Gasteiger partial charge on any atom is 0.257 e. The second-order valence-electron chi connectivity index (χ2n) is 5.73. The molecule has 0 bridgehead atoms. The largest absolute Gasteiger partial charge is 0.308 e. The van der Waals surface area contributed by atoms with E-state index in [2.05, 4.69) is 15.8 Å². The zero-order valence-electron chi connectivity index (χ0n) is 12.3. The summed E-state index contributed by atoms with van der Waals surface area (Å²) in [7, 11) is 1.78. The fourth-order valence-corrected chi connectivity index (χ4v) is 1.84. The smallest absolute Gasteiger partial charge is 0.257 e. The molecular weight excluding hydrogens is 238 g/mol. The molecule has 1 aromatic rings. The third-order valence-corrected chi connectivity index (χ3v) is 2.88. The van der Waals surface area contributed by atoms with Gasteiger partial charge in [-0.3, -0.25) is 4.79 Å². The molecule has 0 aliphatic carbocycles. The van der Waals surface area contributed by atoms with Crippen LogP contribution in [0.4, 0.5) is 0 Å². The molecule has 19 heavy (non-hydrogen) atoms. The van der Waals surface area contributed by atoms with Gasteiger partial charge >= 0.3 is 0 Å². The van der Waals surface area contributed by atoms with Crippen LogP contribution in [0.2, 0.25) is 0 Å². The van der Waals surface area contributed by atoms with Gasteiger partial charge in [0.2, 0.25) is 0 Å². The maximum absolute atomic E-state index is 12.0. The summed E-state index contributed by atoms with van der Waals surface area (Å²) in [6, 6.07) is 7.67. The van der Waals surface area contributed by atoms with Crippen molar-refractivity contribution >= 4 is 12.1 Å². The lowest BCUT2D eigenvalue weighted by atomic mass is 9.86. The number of carbonyl (C=O) groups is 1. The summed E-state index contributed by atoms with van der Waals surface area (Å²) >= 11 is 0. The van der Waals surface area contributed by atoms with Crippen LogP contribution in [0.15, 0.2) is 29.4 Å². The van der Waals surface area contributed by atoms with Crippen molar-refractivity contribution in [2.24, 2.45) is 10.5 Å². The number of rotatable bonds is 4. The predicted octanol–water partition coefficient (Wildman–Crippen LogP) is 2.08. The lowest BCUT2D eigenvalue weighted by Crippen LogP contribution is -2.49. The van der Waals surface area contributed by atoms with Gasteiger partial charge in [-0.15, -0.1) is 0 Å². The molecule has 0 fully saturated rings. The van der Waals surface area contributed by atoms with E-state index >= 15 is 0 Å². The molecule has 0 spiro atoms. The third kappa shape index (κ3) is 4.83. The highest BCUT2D eigenvalue weighted by Crippen LogP contribution is 2.18. The first kappa shape index (κ1) is 15.4. The van der Waals surface area contributed by atoms with Crippen LogP contribution in [0, 0.1) is 12.3 Å². The van der Waals surface area contributed by atoms with Crippen LogP contribution in [-0.4, -0.2) is 25.2 Å². The van der Waals surface area contributed by atoms with Gasteiger partial charge in [-0.1, -0.05) is 50.6 Å². The molecule has 1 rings (SSSR count). The zero-order chi connectivity index (χ0) is 14.5. The van der Waals surface area contributed by atoms with Gasteiger partial charge in [-0.25, -0.2) is 5.43 Å². The molecule has 1 aromatic carbocycles. The summed E-state index contributed by atoms with van der Waals surface area (Å²) in [5.41, 5.74) is 4.58. The Morgan fingerprint density at radius 3 is 2.32 bits per heavy atom. The van der Waals surface area contributed by atoms with Crippen molar-refractivity contribution in [1.29, 1.82) is 0 Å². The second-order valence-corrected chi connectivity index (χ2v) is 5.73. The van der Waals surface area contributed by atoms with Gasteiger partial charge in [0.1, 0.15) is 0 Å². The monoisotopic (exact) mass is 261 g/mol. The molecule has 0 heterocycles. The fraction of sp³-hybridized carbons (Fsp3) is 0.467. The number of likely N-dealkylation sites (N-methyl/N-ethyl adjacent to an activating group) is 1. The lowest BCUT2D eigenvalue weighted by Gasteiger charge is -2.28. The Balaban J connectivity index is 2.61. The van der Waals surface area contributed by atoms with Crippen LogP contribution >= 0.6 is 0 Å². The van der Waals surface area contributed by atoms with Crippen molar-refractivity contribution in [3.63, 3.8) is 0 Å². The number of aryl methyl sites for hydroxylation is 1. The summed E-state index contributed by atoms with van der Waals surface area (Å²) in [4.78, 5) is 12.0. The Morgan fingerprint density at radius 2 is 1.84 bits per heavy atom. The zero-order valence-corrected chi connectivity index (χ0v) is 12.3. The van der Waals surface area contributed by atoms with Crippen molar-refractivity contribution in [1.82, 2.24) is 10.7 Å². The van der Waals surface area contributed by atoms with E-state index in [0.717, 1.165) is 5.56 Å². The number of hydrogen-bond acceptors (Lipinski definition) is 3. The highest BCUT2D eigenvalue weighted by molar-refractivity contribution is 5.85. The summed E-state index contributed by atoms with van der Waals surface area (Å²) < 4.78 is 0. The van der Waals surface area contributed by atoms with Crippen molar-refractivity contribution < 1.29 is 4.79 Å². The second kappa shape index (κ2) is 6.48. The van der Waals surface area contributed by atoms with E-state index in [1.165, 1.54) is 5.56 Å². The number of benzene rings is 1. The molecule has 1 atom stereocenters. The standard InChI is InChI=1S/C15H23N3O/c1-11-6-8-12(9-7-11)10-17-18-14(19)13(16-5)15(2,3)4/h6-10,13,16H,1-5H3,(H,18,19)/b17-10-. The molecule has 104 valence electrons. The van der Waals surface area contributed by atoms with E-state index in [4.69, 9.17) is 0 Å². The van der Waals surface area contributed by atoms with Gasteiger partial charge < -0.3 is 5.32 Å². The van der Waals surface area contributed by atoms with Crippen LogP contribution in [-0.2, 0) is 4.79 Å². The Labute approximate surface area is 115 Å². The minimum atomic E-state index is -0.275. The average molecular weight is 261 g/mol. The van der Waals surface area contributed by atoms with Gasteiger partial charge in [0.15, 0.2) is 0 Å². The molecule has 0 saturated carbocycles. The third-order valence-electron chi connectivity index (χ3n) is 2.88. The van der Waals surface area contributed by atoms with Crippen LogP contribution in [0.1, 0.15) is 31.9 Å². The van der Waals surface area contributed by atoms with Crippen LogP contribution in [0.25, 0.3) is 0 Å². The molecule has 0 saturated heterocycles. The molecule has 2 N–H and O–H groups in total. The molecule has 4 nitrogen and oxygen atoms in total. The minimum Gasteiger partial charge on any atom is -0.308 e.